The van der Waals surface area contributed by atoms with Crippen LogP contribution in [-0.2, 0) is 11.8 Å². The lowest BCUT2D eigenvalue weighted by Crippen LogP contribution is -2.37. The lowest BCUT2D eigenvalue weighted by atomic mass is 9.85. The predicted molar refractivity (Wildman–Crippen MR) is 68.1 cm³/mol. The van der Waals surface area contributed by atoms with E-state index >= 15 is 0 Å². The highest BCUT2D eigenvalue weighted by Crippen LogP contribution is 2.26. The van der Waals surface area contributed by atoms with Gasteiger partial charge in [0.15, 0.2) is 0 Å². The van der Waals surface area contributed by atoms with Crippen LogP contribution in [0.25, 0.3) is 0 Å². The molecule has 0 bridgehead atoms. The Morgan fingerprint density at radius 1 is 1.61 bits per heavy atom. The Morgan fingerprint density at radius 3 is 3.00 bits per heavy atom. The molecule has 1 aliphatic rings. The molecule has 0 saturated heterocycles. The molecule has 3 atom stereocenters. The normalized spacial score (nSPS) is 25.9. The average molecular weight is 251 g/mol. The number of aliphatic carboxylic acids is 1. The lowest BCUT2D eigenvalue weighted by Gasteiger charge is -2.29. The number of nitrogens with zero attached hydrogens (tertiary/aromatic N) is 2. The zero-order valence-electron chi connectivity index (χ0n) is 11.0. The van der Waals surface area contributed by atoms with Crippen molar-refractivity contribution in [3.8, 4) is 0 Å². The summed E-state index contributed by atoms with van der Waals surface area (Å²) in [5.74, 6) is -0.840. The van der Waals surface area contributed by atoms with Gasteiger partial charge < -0.3 is 10.4 Å². The first-order valence-corrected chi connectivity index (χ1v) is 6.53. The van der Waals surface area contributed by atoms with Crippen LogP contribution in [0.5, 0.6) is 0 Å². The largest absolute Gasteiger partial charge is 0.481 e. The van der Waals surface area contributed by atoms with Crippen LogP contribution in [-0.4, -0.2) is 26.9 Å². The Kier molecular flexibility index (Phi) is 4.01. The zero-order chi connectivity index (χ0) is 13.1. The van der Waals surface area contributed by atoms with Crippen molar-refractivity contribution in [2.45, 2.75) is 44.7 Å². The maximum absolute atomic E-state index is 11.0. The smallest absolute Gasteiger partial charge is 0.306 e. The summed E-state index contributed by atoms with van der Waals surface area (Å²) in [5.41, 5.74) is 1.15. The summed E-state index contributed by atoms with van der Waals surface area (Å²) in [4.78, 5) is 11.0. The van der Waals surface area contributed by atoms with Gasteiger partial charge in [0, 0.05) is 30.9 Å². The summed E-state index contributed by atoms with van der Waals surface area (Å²) in [7, 11) is 1.90. The van der Waals surface area contributed by atoms with Gasteiger partial charge >= 0.3 is 5.97 Å². The van der Waals surface area contributed by atoms with Crippen LogP contribution in [0.3, 0.4) is 0 Å². The maximum Gasteiger partial charge on any atom is 0.306 e. The van der Waals surface area contributed by atoms with E-state index in [0.29, 0.717) is 6.04 Å². The highest BCUT2D eigenvalue weighted by Gasteiger charge is 2.27. The fourth-order valence-corrected chi connectivity index (χ4v) is 2.68. The number of carboxylic acids is 1. The van der Waals surface area contributed by atoms with Crippen molar-refractivity contribution in [3.63, 3.8) is 0 Å². The molecule has 5 heteroatoms. The van der Waals surface area contributed by atoms with Gasteiger partial charge in [-0.3, -0.25) is 9.48 Å². The molecule has 0 amide bonds. The summed E-state index contributed by atoms with van der Waals surface area (Å²) in [5, 5.41) is 16.7. The Morgan fingerprint density at radius 2 is 2.39 bits per heavy atom. The predicted octanol–water partition coefficient (Wildman–Crippen LogP) is 1.71. The fourth-order valence-electron chi connectivity index (χ4n) is 2.68. The van der Waals surface area contributed by atoms with Crippen LogP contribution < -0.4 is 5.32 Å². The highest BCUT2D eigenvalue weighted by molar-refractivity contribution is 5.70. The zero-order valence-corrected chi connectivity index (χ0v) is 11.0. The second-order valence-electron chi connectivity index (χ2n) is 5.23. The van der Waals surface area contributed by atoms with Gasteiger partial charge in [0.25, 0.3) is 0 Å². The molecule has 0 aliphatic heterocycles. The van der Waals surface area contributed by atoms with E-state index in [1.807, 2.05) is 19.4 Å². The van der Waals surface area contributed by atoms with E-state index in [0.717, 1.165) is 31.2 Å². The Labute approximate surface area is 107 Å². The molecule has 18 heavy (non-hydrogen) atoms. The molecule has 2 rings (SSSR count). The van der Waals surface area contributed by atoms with Gasteiger partial charge in [-0.1, -0.05) is 6.42 Å². The molecule has 100 valence electrons. The van der Waals surface area contributed by atoms with Crippen molar-refractivity contribution >= 4 is 5.97 Å². The van der Waals surface area contributed by atoms with Gasteiger partial charge in [0.1, 0.15) is 0 Å². The van der Waals surface area contributed by atoms with Crippen molar-refractivity contribution in [1.82, 2.24) is 15.1 Å². The number of carbonyl (C=O) groups is 1. The van der Waals surface area contributed by atoms with E-state index in [2.05, 4.69) is 17.3 Å². The van der Waals surface area contributed by atoms with Crippen molar-refractivity contribution in [2.75, 3.05) is 0 Å². The third kappa shape index (κ3) is 3.10. The minimum Gasteiger partial charge on any atom is -0.481 e. The standard InChI is InChI=1S/C13H21N3O2/c1-9(11-7-14-16(2)8-11)15-12-5-3-4-10(6-12)13(17)18/h7-10,12,15H,3-6H2,1-2H3,(H,17,18). The van der Waals surface area contributed by atoms with E-state index in [1.54, 1.807) is 4.68 Å². The first kappa shape index (κ1) is 13.1. The first-order chi connectivity index (χ1) is 8.56. The molecule has 1 fully saturated rings. The summed E-state index contributed by atoms with van der Waals surface area (Å²) >= 11 is 0. The van der Waals surface area contributed by atoms with Gasteiger partial charge in [-0.15, -0.1) is 0 Å². The molecular weight excluding hydrogens is 230 g/mol. The van der Waals surface area contributed by atoms with Gasteiger partial charge in [-0.2, -0.15) is 5.10 Å². The van der Waals surface area contributed by atoms with Crippen molar-refractivity contribution < 1.29 is 9.90 Å². The molecule has 1 saturated carbocycles. The van der Waals surface area contributed by atoms with Crippen LogP contribution in [0, 0.1) is 5.92 Å². The van der Waals surface area contributed by atoms with E-state index in [1.165, 1.54) is 0 Å². The summed E-state index contributed by atoms with van der Waals surface area (Å²) in [6, 6.07) is 0.520. The number of hydrogen-bond donors (Lipinski definition) is 2. The second-order valence-corrected chi connectivity index (χ2v) is 5.23. The minimum absolute atomic E-state index is 0.183. The van der Waals surface area contributed by atoms with Crippen LogP contribution >= 0.6 is 0 Å². The van der Waals surface area contributed by atoms with Crippen LogP contribution in [0.4, 0.5) is 0 Å². The molecule has 1 aliphatic carbocycles. The monoisotopic (exact) mass is 251 g/mol. The quantitative estimate of drug-likeness (QED) is 0.855. The van der Waals surface area contributed by atoms with Gasteiger partial charge in [0.2, 0.25) is 0 Å². The Hall–Kier alpha value is -1.36. The van der Waals surface area contributed by atoms with Crippen LogP contribution in [0.2, 0.25) is 0 Å². The Balaban J connectivity index is 1.91. The highest BCUT2D eigenvalue weighted by atomic mass is 16.4. The van der Waals surface area contributed by atoms with Gasteiger partial charge in [-0.05, 0) is 26.2 Å². The van der Waals surface area contributed by atoms with Gasteiger partial charge in [0.05, 0.1) is 12.1 Å². The average Bonchev–Trinajstić information content (AvgIpc) is 2.76. The molecule has 1 aromatic heterocycles. The van der Waals surface area contributed by atoms with Gasteiger partial charge in [-0.25, -0.2) is 0 Å². The third-order valence-corrected chi connectivity index (χ3v) is 3.73. The van der Waals surface area contributed by atoms with Crippen molar-refractivity contribution in [1.29, 1.82) is 0 Å². The SMILES string of the molecule is CC(NC1CCCC(C(=O)O)C1)c1cnn(C)c1. The van der Waals surface area contributed by atoms with Crippen molar-refractivity contribution in [3.05, 3.63) is 18.0 Å². The fraction of sp³-hybridized carbons (Fsp3) is 0.692. The summed E-state index contributed by atoms with van der Waals surface area (Å²) in [6.45, 7) is 2.10. The molecule has 1 aromatic rings. The maximum atomic E-state index is 11.0. The third-order valence-electron chi connectivity index (χ3n) is 3.73. The van der Waals surface area contributed by atoms with E-state index in [-0.39, 0.29) is 12.0 Å². The topological polar surface area (TPSA) is 67.2 Å². The second kappa shape index (κ2) is 5.52. The lowest BCUT2D eigenvalue weighted by molar-refractivity contribution is -0.143. The van der Waals surface area contributed by atoms with E-state index in [9.17, 15) is 4.79 Å². The van der Waals surface area contributed by atoms with Crippen molar-refractivity contribution in [2.24, 2.45) is 13.0 Å². The molecule has 0 aromatic carbocycles. The number of aryl methyl sites for hydroxylation is 1. The molecule has 0 radical (unpaired) electrons. The molecule has 5 nitrogen and oxygen atoms in total. The van der Waals surface area contributed by atoms with Crippen LogP contribution in [0.1, 0.15) is 44.2 Å². The first-order valence-electron chi connectivity index (χ1n) is 6.53. The number of carboxylic acid groups (broad SMARTS) is 1. The number of hydrogen-bond acceptors (Lipinski definition) is 3. The summed E-state index contributed by atoms with van der Waals surface area (Å²) < 4.78 is 1.79. The van der Waals surface area contributed by atoms with E-state index < -0.39 is 5.97 Å². The molecular formula is C13H21N3O2. The number of aromatic nitrogens is 2. The number of rotatable bonds is 4. The molecule has 1 heterocycles. The minimum atomic E-state index is -0.657. The van der Waals surface area contributed by atoms with E-state index in [4.69, 9.17) is 5.11 Å². The number of nitrogens with one attached hydrogen (secondary N) is 1. The molecule has 0 spiro atoms. The Bertz CT molecular complexity index is 416. The molecule has 2 N–H and O–H groups in total. The summed E-state index contributed by atoms with van der Waals surface area (Å²) in [6.07, 6.45) is 7.46. The molecule has 3 unspecified atom stereocenters. The van der Waals surface area contributed by atoms with Crippen LogP contribution in [0.15, 0.2) is 12.4 Å².